The number of benzene rings is 2. The second-order valence-electron chi connectivity index (χ2n) is 7.87. The first-order chi connectivity index (χ1) is 13.9. The topological polar surface area (TPSA) is 72.5 Å². The van der Waals surface area contributed by atoms with Crippen molar-refractivity contribution < 1.29 is 13.0 Å². The molecule has 0 aromatic heterocycles. The number of hydrogen-bond acceptors (Lipinski definition) is 4. The van der Waals surface area contributed by atoms with Gasteiger partial charge in [-0.15, -0.1) is 4.72 Å². The van der Waals surface area contributed by atoms with Crippen molar-refractivity contribution in [2.24, 2.45) is 5.41 Å². The minimum atomic E-state index is -3.60. The molecule has 2 fully saturated rings. The minimum Gasteiger partial charge on any atom is -0.598 e. The zero-order valence-corrected chi connectivity index (χ0v) is 18.5. The van der Waals surface area contributed by atoms with E-state index in [1.165, 1.54) is 15.9 Å². The lowest BCUT2D eigenvalue weighted by Gasteiger charge is -2.58. The molecule has 1 aliphatic heterocycles. The Kier molecular flexibility index (Phi) is 6.25. The van der Waals surface area contributed by atoms with Gasteiger partial charge in [-0.1, -0.05) is 54.1 Å². The molecule has 0 amide bonds. The van der Waals surface area contributed by atoms with Crippen LogP contribution in [0.4, 0.5) is 0 Å². The van der Waals surface area contributed by atoms with Crippen molar-refractivity contribution in [2.45, 2.75) is 35.8 Å². The molecule has 29 heavy (non-hydrogen) atoms. The third-order valence-corrected chi connectivity index (χ3v) is 10.0. The number of nitrogens with zero attached hydrogens (tertiary/aromatic N) is 1. The summed E-state index contributed by atoms with van der Waals surface area (Å²) in [6, 6.07) is 16.8. The van der Waals surface area contributed by atoms with Gasteiger partial charge in [0.05, 0.1) is 5.02 Å². The molecule has 2 aliphatic rings. The quantitative estimate of drug-likeness (QED) is 0.492. The van der Waals surface area contributed by atoms with E-state index >= 15 is 0 Å². The summed E-state index contributed by atoms with van der Waals surface area (Å²) in [6.07, 6.45) is 3.66. The molecule has 1 aliphatic carbocycles. The fourth-order valence-corrected chi connectivity index (χ4v) is 7.92. The Balaban J connectivity index is 1.28. The molecule has 0 bridgehead atoms. The van der Waals surface area contributed by atoms with E-state index in [0.717, 1.165) is 25.7 Å². The van der Waals surface area contributed by atoms with E-state index in [0.29, 0.717) is 19.6 Å². The Morgan fingerprint density at radius 1 is 1.14 bits per heavy atom. The lowest BCUT2D eigenvalue weighted by molar-refractivity contribution is -0.00326. The van der Waals surface area contributed by atoms with Crippen LogP contribution in [0.1, 0.15) is 24.8 Å². The van der Waals surface area contributed by atoms with Gasteiger partial charge in [0, 0.05) is 36.4 Å². The second-order valence-corrected chi connectivity index (χ2v) is 11.6. The zero-order valence-electron chi connectivity index (χ0n) is 16.1. The van der Waals surface area contributed by atoms with Crippen LogP contribution in [0.25, 0.3) is 0 Å². The van der Waals surface area contributed by atoms with Crippen molar-refractivity contribution in [2.75, 3.05) is 19.6 Å². The van der Waals surface area contributed by atoms with Crippen molar-refractivity contribution in [3.63, 3.8) is 0 Å². The van der Waals surface area contributed by atoms with Gasteiger partial charge in [0.2, 0.25) is 10.0 Å². The average Bonchev–Trinajstić information content (AvgIpc) is 2.64. The third kappa shape index (κ3) is 4.22. The van der Waals surface area contributed by atoms with E-state index in [1.807, 2.05) is 18.2 Å². The molecule has 156 valence electrons. The molecule has 2 aromatic carbocycles. The predicted molar refractivity (Wildman–Crippen MR) is 117 cm³/mol. The van der Waals surface area contributed by atoms with Crippen LogP contribution >= 0.6 is 11.6 Å². The maximum absolute atomic E-state index is 12.8. The summed E-state index contributed by atoms with van der Waals surface area (Å²) in [4.78, 5) is 0.146. The van der Waals surface area contributed by atoms with Crippen LogP contribution in [0.3, 0.4) is 0 Å². The molecule has 1 saturated carbocycles. The first-order valence-corrected chi connectivity index (χ1v) is 12.9. The van der Waals surface area contributed by atoms with Gasteiger partial charge >= 0.3 is 0 Å². The summed E-state index contributed by atoms with van der Waals surface area (Å²) >= 11 is 4.94. The van der Waals surface area contributed by atoms with Crippen LogP contribution in [0.15, 0.2) is 59.5 Å². The highest BCUT2D eigenvalue weighted by molar-refractivity contribution is 7.90. The van der Waals surface area contributed by atoms with E-state index in [9.17, 15) is 13.0 Å². The molecular weight excluding hydrogens is 428 g/mol. The minimum absolute atomic E-state index is 0.0110. The Morgan fingerprint density at radius 3 is 2.48 bits per heavy atom. The Bertz CT molecular complexity index is 949. The van der Waals surface area contributed by atoms with E-state index < -0.39 is 21.4 Å². The molecule has 0 radical (unpaired) electrons. The van der Waals surface area contributed by atoms with Crippen molar-refractivity contribution in [1.82, 2.24) is 9.03 Å². The number of aryl methyl sites for hydroxylation is 1. The largest absolute Gasteiger partial charge is 0.598 e. The molecule has 1 spiro atoms. The maximum Gasteiger partial charge on any atom is 0.244 e. The Morgan fingerprint density at radius 2 is 1.83 bits per heavy atom. The van der Waals surface area contributed by atoms with E-state index in [1.54, 1.807) is 18.2 Å². The standard InChI is InChI=1S/C21H25ClN2O3S2/c22-18-10-4-5-11-19(18)29(26,27)24-15-21(16-24)13-12-20(21)28(25)23-14-6-9-17-7-2-1-3-8-17/h1-5,7-8,10-11,20,23H,6,9,12-16H2/t20-,28?/m1/s1. The fraction of sp³-hybridized carbons (Fsp3) is 0.429. The van der Waals surface area contributed by atoms with Gasteiger partial charge in [-0.25, -0.2) is 8.42 Å². The van der Waals surface area contributed by atoms with Crippen molar-refractivity contribution >= 4 is 33.0 Å². The second kappa shape index (κ2) is 8.57. The number of halogens is 1. The van der Waals surface area contributed by atoms with E-state index in [-0.39, 0.29) is 20.6 Å². The Hall–Kier alpha value is -1.09. The molecule has 2 aromatic rings. The summed E-state index contributed by atoms with van der Waals surface area (Å²) in [5.41, 5.74) is 1.12. The lowest BCUT2D eigenvalue weighted by atomic mass is 9.64. The fourth-order valence-electron chi connectivity index (χ4n) is 4.20. The molecule has 4 rings (SSSR count). The van der Waals surface area contributed by atoms with Crippen molar-refractivity contribution in [1.29, 1.82) is 0 Å². The molecular formula is C21H25ClN2O3S2. The zero-order chi connectivity index (χ0) is 20.5. The summed E-state index contributed by atoms with van der Waals surface area (Å²) in [5.74, 6) is 0. The highest BCUT2D eigenvalue weighted by Gasteiger charge is 2.63. The van der Waals surface area contributed by atoms with Crippen molar-refractivity contribution in [3.05, 3.63) is 65.2 Å². The number of rotatable bonds is 8. The van der Waals surface area contributed by atoms with Gasteiger partial charge in [0.1, 0.15) is 10.1 Å². The van der Waals surface area contributed by atoms with Crippen LogP contribution < -0.4 is 4.72 Å². The van der Waals surface area contributed by atoms with Crippen LogP contribution in [-0.2, 0) is 27.8 Å². The molecule has 1 saturated heterocycles. The highest BCUT2D eigenvalue weighted by Crippen LogP contribution is 2.53. The predicted octanol–water partition coefficient (Wildman–Crippen LogP) is 3.38. The van der Waals surface area contributed by atoms with E-state index in [2.05, 4.69) is 16.9 Å². The highest BCUT2D eigenvalue weighted by atomic mass is 35.5. The van der Waals surface area contributed by atoms with Crippen LogP contribution in [0, 0.1) is 5.41 Å². The molecule has 1 unspecified atom stereocenters. The molecule has 1 N–H and O–H groups in total. The van der Waals surface area contributed by atoms with Gasteiger partial charge in [0.15, 0.2) is 0 Å². The SMILES string of the molecule is O=S(=O)(c1ccccc1Cl)N1CC2(CC[C@H]2[S+]([O-])NCCCc2ccccc2)C1. The summed E-state index contributed by atoms with van der Waals surface area (Å²) in [5, 5.41) is 0.249. The third-order valence-electron chi connectivity index (χ3n) is 6.01. The molecule has 1 heterocycles. The van der Waals surface area contributed by atoms with Crippen molar-refractivity contribution in [3.8, 4) is 0 Å². The van der Waals surface area contributed by atoms with Gasteiger partial charge < -0.3 is 4.55 Å². The lowest BCUT2D eigenvalue weighted by Crippen LogP contribution is -2.70. The molecule has 8 heteroatoms. The Labute approximate surface area is 180 Å². The van der Waals surface area contributed by atoms with Gasteiger partial charge in [0.25, 0.3) is 0 Å². The normalized spacial score (nSPS) is 22.1. The number of sulfonamides is 1. The van der Waals surface area contributed by atoms with Gasteiger partial charge in [-0.3, -0.25) is 0 Å². The molecule has 5 nitrogen and oxygen atoms in total. The van der Waals surface area contributed by atoms with Crippen LogP contribution in [-0.4, -0.2) is 42.2 Å². The first kappa shape index (κ1) is 21.2. The van der Waals surface area contributed by atoms with Gasteiger partial charge in [-0.2, -0.15) is 4.31 Å². The summed E-state index contributed by atoms with van der Waals surface area (Å²) in [7, 11) is -3.60. The summed E-state index contributed by atoms with van der Waals surface area (Å²) < 4.78 is 43.0. The smallest absolute Gasteiger partial charge is 0.244 e. The first-order valence-electron chi connectivity index (χ1n) is 9.85. The maximum atomic E-state index is 12.8. The van der Waals surface area contributed by atoms with E-state index in [4.69, 9.17) is 11.6 Å². The summed E-state index contributed by atoms with van der Waals surface area (Å²) in [6.45, 7) is 1.53. The van der Waals surface area contributed by atoms with Crippen LogP contribution in [0.2, 0.25) is 5.02 Å². The number of hydrogen-bond donors (Lipinski definition) is 1. The molecule has 2 atom stereocenters. The average molecular weight is 453 g/mol. The van der Waals surface area contributed by atoms with Crippen LogP contribution in [0.5, 0.6) is 0 Å². The monoisotopic (exact) mass is 452 g/mol. The van der Waals surface area contributed by atoms with Gasteiger partial charge in [-0.05, 0) is 43.4 Å². The number of nitrogens with one attached hydrogen (secondary N) is 1.